The zero-order chi connectivity index (χ0) is 26.1. The molecule has 10 heteroatoms. The highest BCUT2D eigenvalue weighted by Gasteiger charge is 2.28. The van der Waals surface area contributed by atoms with Gasteiger partial charge in [0.1, 0.15) is 16.9 Å². The van der Waals surface area contributed by atoms with Gasteiger partial charge in [-0.15, -0.1) is 0 Å². The maximum atomic E-state index is 12.5. The molecule has 0 aromatic carbocycles. The van der Waals surface area contributed by atoms with Crippen LogP contribution in [0.1, 0.15) is 39.7 Å². The number of nitrogens with zero attached hydrogens (tertiary/aromatic N) is 5. The molecule has 0 saturated carbocycles. The fourth-order valence-electron chi connectivity index (χ4n) is 4.35. The number of fused-ring (bicyclic) bond motifs is 1. The maximum absolute atomic E-state index is 12.5. The van der Waals surface area contributed by atoms with Crippen molar-refractivity contribution < 1.29 is 14.3 Å². The number of amides is 1. The third-order valence-corrected chi connectivity index (χ3v) is 8.03. The van der Waals surface area contributed by atoms with Gasteiger partial charge >= 0.3 is 6.09 Å². The Bertz CT molecular complexity index is 1200. The fourth-order valence-corrected chi connectivity index (χ4v) is 5.30. The minimum absolute atomic E-state index is 0.233. The molecule has 3 aromatic heterocycles. The van der Waals surface area contributed by atoms with Gasteiger partial charge < -0.3 is 18.9 Å². The second kappa shape index (κ2) is 10.8. The van der Waals surface area contributed by atoms with Gasteiger partial charge in [-0.2, -0.15) is 5.10 Å². The number of piperidine rings is 1. The first kappa shape index (κ1) is 27.0. The third-order valence-electron chi connectivity index (χ3n) is 6.20. The maximum Gasteiger partial charge on any atom is 0.410 e. The van der Waals surface area contributed by atoms with Crippen LogP contribution in [0.25, 0.3) is 22.0 Å². The molecular formula is C26H38BrN5O3S. The highest BCUT2D eigenvalue weighted by molar-refractivity contribution is 9.10. The van der Waals surface area contributed by atoms with Crippen molar-refractivity contribution in [3.8, 4) is 11.1 Å². The lowest BCUT2D eigenvalue weighted by molar-refractivity contribution is 0.0189. The van der Waals surface area contributed by atoms with E-state index >= 15 is 0 Å². The Labute approximate surface area is 223 Å². The number of ether oxygens (including phenoxy) is 2. The number of hydrogen-bond donors (Lipinski definition) is 0. The minimum Gasteiger partial charge on any atom is -0.444 e. The van der Waals surface area contributed by atoms with Crippen LogP contribution in [0.4, 0.5) is 4.79 Å². The van der Waals surface area contributed by atoms with Crippen LogP contribution in [0.15, 0.2) is 35.5 Å². The van der Waals surface area contributed by atoms with Crippen LogP contribution in [0.3, 0.4) is 0 Å². The van der Waals surface area contributed by atoms with Crippen LogP contribution in [-0.4, -0.2) is 80.1 Å². The number of aromatic nitrogens is 4. The van der Waals surface area contributed by atoms with Crippen LogP contribution in [-0.2, 0) is 16.2 Å². The first-order chi connectivity index (χ1) is 16.9. The molecule has 198 valence electrons. The quantitative estimate of drug-likeness (QED) is 0.257. The van der Waals surface area contributed by atoms with Crippen LogP contribution in [0, 0.1) is 0 Å². The second-order valence-electron chi connectivity index (χ2n) is 11.3. The largest absolute Gasteiger partial charge is 0.444 e. The molecule has 0 aliphatic carbocycles. The topological polar surface area (TPSA) is 74.4 Å². The first-order valence-electron chi connectivity index (χ1n) is 12.3. The molecule has 0 spiro atoms. The summed E-state index contributed by atoms with van der Waals surface area (Å²) in [5, 5.41) is 5.67. The molecule has 3 aromatic rings. The lowest BCUT2D eigenvalue weighted by Crippen LogP contribution is -2.42. The van der Waals surface area contributed by atoms with E-state index < -0.39 is 15.6 Å². The summed E-state index contributed by atoms with van der Waals surface area (Å²) >= 11 is 3.54. The predicted octanol–water partition coefficient (Wildman–Crippen LogP) is 5.90. The van der Waals surface area contributed by atoms with E-state index in [0.717, 1.165) is 51.8 Å². The molecule has 1 amide bonds. The summed E-state index contributed by atoms with van der Waals surface area (Å²) in [5.41, 5.74) is 2.77. The molecule has 36 heavy (non-hydrogen) atoms. The number of carbonyl (C=O) groups is 1. The summed E-state index contributed by atoms with van der Waals surface area (Å²) in [6, 6.07) is 2.35. The molecule has 1 fully saturated rings. The average molecular weight is 581 g/mol. The summed E-state index contributed by atoms with van der Waals surface area (Å²) in [4.78, 5) is 18.8. The van der Waals surface area contributed by atoms with Gasteiger partial charge in [-0.05, 0) is 74.4 Å². The van der Waals surface area contributed by atoms with Gasteiger partial charge in [0.2, 0.25) is 0 Å². The molecule has 0 bridgehead atoms. The molecular weight excluding hydrogens is 542 g/mol. The molecule has 0 N–H and O–H groups in total. The van der Waals surface area contributed by atoms with E-state index in [4.69, 9.17) is 9.47 Å². The normalized spacial score (nSPS) is 16.0. The van der Waals surface area contributed by atoms with Crippen LogP contribution in [0.5, 0.6) is 0 Å². The van der Waals surface area contributed by atoms with Crippen LogP contribution >= 0.6 is 26.0 Å². The highest BCUT2D eigenvalue weighted by atomic mass is 79.9. The SMILES string of the molecule is CC(C)(C)OC(=O)N1CCC(n2cc(-c3cnn(COCCS(C)(C)C)c3)c3cc(Br)ncc32)CC1. The Hall–Kier alpha value is -2.04. The molecule has 4 heterocycles. The zero-order valence-corrected chi connectivity index (χ0v) is 24.6. The van der Waals surface area contributed by atoms with Crippen molar-refractivity contribution in [2.75, 3.05) is 44.2 Å². The number of carbonyl (C=O) groups excluding carboxylic acids is 1. The molecule has 8 nitrogen and oxygen atoms in total. The number of halogens is 1. The Balaban J connectivity index is 1.50. The van der Waals surface area contributed by atoms with Crippen molar-refractivity contribution in [2.24, 2.45) is 0 Å². The zero-order valence-electron chi connectivity index (χ0n) is 22.2. The van der Waals surface area contributed by atoms with E-state index in [-0.39, 0.29) is 12.1 Å². The Morgan fingerprint density at radius 3 is 2.56 bits per heavy atom. The molecule has 1 aliphatic heterocycles. The van der Waals surface area contributed by atoms with E-state index in [1.165, 1.54) is 0 Å². The Kier molecular flexibility index (Phi) is 8.07. The van der Waals surface area contributed by atoms with Crippen molar-refractivity contribution in [1.82, 2.24) is 24.2 Å². The predicted molar refractivity (Wildman–Crippen MR) is 151 cm³/mol. The third kappa shape index (κ3) is 6.83. The van der Waals surface area contributed by atoms with Crippen LogP contribution < -0.4 is 0 Å². The number of pyridine rings is 1. The van der Waals surface area contributed by atoms with Crippen molar-refractivity contribution >= 4 is 43.0 Å². The van der Waals surface area contributed by atoms with E-state index in [9.17, 15) is 4.79 Å². The summed E-state index contributed by atoms with van der Waals surface area (Å²) in [7, 11) is -0.566. The summed E-state index contributed by atoms with van der Waals surface area (Å²) < 4.78 is 16.4. The van der Waals surface area contributed by atoms with Gasteiger partial charge in [-0.1, -0.05) is 0 Å². The van der Waals surface area contributed by atoms with Gasteiger partial charge in [0.25, 0.3) is 0 Å². The van der Waals surface area contributed by atoms with Crippen molar-refractivity contribution in [1.29, 1.82) is 0 Å². The standard InChI is InChI=1S/C26H38BrN5O3S/c1-26(2,3)35-25(33)30-9-7-20(8-10-30)32-17-22(21-13-24(27)28-15-23(21)32)19-14-29-31(16-19)18-34-11-12-36(4,5)6/h13-17,20H,7-12,18H2,1-6H3. The van der Waals surface area contributed by atoms with E-state index in [0.29, 0.717) is 19.8 Å². The molecule has 0 radical (unpaired) electrons. The van der Waals surface area contributed by atoms with Crippen molar-refractivity contribution in [2.45, 2.75) is 52.0 Å². The lowest BCUT2D eigenvalue weighted by Gasteiger charge is -2.34. The average Bonchev–Trinajstić information content (AvgIpc) is 3.39. The first-order valence-corrected chi connectivity index (χ1v) is 16.1. The molecule has 1 aliphatic rings. The summed E-state index contributed by atoms with van der Waals surface area (Å²) in [6.07, 6.45) is 16.5. The van der Waals surface area contributed by atoms with Crippen molar-refractivity contribution in [3.05, 3.63) is 35.5 Å². The number of likely N-dealkylation sites (tertiary alicyclic amines) is 1. The number of rotatable bonds is 7. The minimum atomic E-state index is -0.566. The monoisotopic (exact) mass is 579 g/mol. The van der Waals surface area contributed by atoms with E-state index in [2.05, 4.69) is 61.6 Å². The lowest BCUT2D eigenvalue weighted by atomic mass is 10.1. The molecule has 1 saturated heterocycles. The Morgan fingerprint density at radius 1 is 1.17 bits per heavy atom. The van der Waals surface area contributed by atoms with Crippen LogP contribution in [0.2, 0.25) is 0 Å². The van der Waals surface area contributed by atoms with Crippen molar-refractivity contribution in [3.63, 3.8) is 0 Å². The second-order valence-corrected chi connectivity index (χ2v) is 16.7. The van der Waals surface area contributed by atoms with Gasteiger partial charge in [0.05, 0.1) is 24.5 Å². The van der Waals surface area contributed by atoms with E-state index in [1.54, 1.807) is 0 Å². The van der Waals surface area contributed by atoms with Gasteiger partial charge in [-0.25, -0.2) is 24.5 Å². The van der Waals surface area contributed by atoms with Gasteiger partial charge in [0.15, 0.2) is 0 Å². The van der Waals surface area contributed by atoms with E-state index in [1.807, 2.05) is 48.9 Å². The highest BCUT2D eigenvalue weighted by Crippen LogP contribution is 2.36. The van der Waals surface area contributed by atoms with Gasteiger partial charge in [0, 0.05) is 53.8 Å². The summed E-state index contributed by atoms with van der Waals surface area (Å²) in [6.45, 7) is 8.23. The molecule has 0 atom stereocenters. The molecule has 4 rings (SSSR count). The number of hydrogen-bond acceptors (Lipinski definition) is 5. The van der Waals surface area contributed by atoms with Gasteiger partial charge in [-0.3, -0.25) is 0 Å². The fraction of sp³-hybridized carbons (Fsp3) is 0.577. The summed E-state index contributed by atoms with van der Waals surface area (Å²) in [5.74, 6) is 1.09. The smallest absolute Gasteiger partial charge is 0.410 e. The molecule has 0 unspecified atom stereocenters. The Morgan fingerprint density at radius 2 is 1.89 bits per heavy atom.